The molecule has 2 nitrogen and oxygen atoms in total. The fraction of sp³-hybridized carbons (Fsp3) is 0.500. The fourth-order valence-electron chi connectivity index (χ4n) is 1.33. The van der Waals surface area contributed by atoms with E-state index in [1.165, 1.54) is 12.8 Å². The van der Waals surface area contributed by atoms with Crippen LogP contribution in [-0.4, -0.2) is 18.2 Å². The molecule has 1 rings (SSSR count). The van der Waals surface area contributed by atoms with Gasteiger partial charge in [0.2, 0.25) is 0 Å². The molecule has 0 aliphatic carbocycles. The number of benzene rings is 1. The van der Waals surface area contributed by atoms with E-state index in [2.05, 4.69) is 12.2 Å². The lowest BCUT2D eigenvalue weighted by Crippen LogP contribution is -2.22. The summed E-state index contributed by atoms with van der Waals surface area (Å²) < 4.78 is 0. The van der Waals surface area contributed by atoms with Crippen LogP contribution in [0.4, 0.5) is 0 Å². The van der Waals surface area contributed by atoms with Crippen molar-refractivity contribution < 1.29 is 5.11 Å². The highest BCUT2D eigenvalue weighted by molar-refractivity contribution is 5.17. The van der Waals surface area contributed by atoms with Gasteiger partial charge in [-0.15, -0.1) is 0 Å². The molecule has 1 atom stereocenters. The maximum atomic E-state index is 9.76. The molecule has 0 amide bonds. The van der Waals surface area contributed by atoms with Gasteiger partial charge in [-0.05, 0) is 18.5 Å². The van der Waals surface area contributed by atoms with E-state index in [9.17, 15) is 5.11 Å². The van der Waals surface area contributed by atoms with Crippen LogP contribution in [0.2, 0.25) is 0 Å². The van der Waals surface area contributed by atoms with Crippen LogP contribution in [0.15, 0.2) is 30.3 Å². The number of hydrogen-bond acceptors (Lipinski definition) is 2. The van der Waals surface area contributed by atoms with Crippen molar-refractivity contribution in [3.8, 4) is 0 Å². The topological polar surface area (TPSA) is 32.3 Å². The molecule has 2 heteroatoms. The van der Waals surface area contributed by atoms with Gasteiger partial charge in [-0.1, -0.05) is 43.7 Å². The van der Waals surface area contributed by atoms with E-state index in [1.54, 1.807) is 0 Å². The summed E-state index contributed by atoms with van der Waals surface area (Å²) in [6, 6.07) is 9.76. The maximum Gasteiger partial charge on any atom is 0.0914 e. The molecule has 0 fully saturated rings. The van der Waals surface area contributed by atoms with Crippen LogP contribution in [0.3, 0.4) is 0 Å². The van der Waals surface area contributed by atoms with Gasteiger partial charge in [-0.25, -0.2) is 0 Å². The van der Waals surface area contributed by atoms with Crippen LogP contribution in [0.25, 0.3) is 0 Å². The quantitative estimate of drug-likeness (QED) is 0.678. The summed E-state index contributed by atoms with van der Waals surface area (Å²) >= 11 is 0. The molecule has 1 aromatic rings. The number of aliphatic hydroxyl groups excluding tert-OH is 1. The summed E-state index contributed by atoms with van der Waals surface area (Å²) in [5.74, 6) is 0. The maximum absolute atomic E-state index is 9.76. The van der Waals surface area contributed by atoms with Crippen LogP contribution in [-0.2, 0) is 0 Å². The predicted octanol–water partition coefficient (Wildman–Crippen LogP) is 2.11. The minimum absolute atomic E-state index is 0.381. The van der Waals surface area contributed by atoms with Gasteiger partial charge in [0.1, 0.15) is 0 Å². The standard InChI is InChI=1S/C12H19NO/c1-2-3-9-13-10-12(14)11-7-5-4-6-8-11/h4-8,12-14H,2-3,9-10H2,1H3/t12-/m1/s1. The zero-order valence-electron chi connectivity index (χ0n) is 8.74. The third kappa shape index (κ3) is 3.90. The average Bonchev–Trinajstić information content (AvgIpc) is 2.25. The van der Waals surface area contributed by atoms with Gasteiger partial charge in [-0.2, -0.15) is 0 Å². The molecule has 0 heterocycles. The summed E-state index contributed by atoms with van der Waals surface area (Å²) in [6.07, 6.45) is 1.98. The first-order valence-electron chi connectivity index (χ1n) is 5.28. The molecule has 2 N–H and O–H groups in total. The van der Waals surface area contributed by atoms with Crippen molar-refractivity contribution >= 4 is 0 Å². The van der Waals surface area contributed by atoms with Crippen LogP contribution in [0, 0.1) is 0 Å². The third-order valence-electron chi connectivity index (χ3n) is 2.23. The van der Waals surface area contributed by atoms with Gasteiger partial charge < -0.3 is 10.4 Å². The normalized spacial score (nSPS) is 12.7. The first-order valence-corrected chi connectivity index (χ1v) is 5.28. The number of hydrogen-bond donors (Lipinski definition) is 2. The molecular formula is C12H19NO. The molecule has 0 aliphatic heterocycles. The Morgan fingerprint density at radius 2 is 2.00 bits per heavy atom. The number of nitrogens with one attached hydrogen (secondary N) is 1. The zero-order valence-corrected chi connectivity index (χ0v) is 8.74. The van der Waals surface area contributed by atoms with E-state index in [1.807, 2.05) is 30.3 Å². The SMILES string of the molecule is CCCCNC[C@@H](O)c1ccccc1. The molecule has 0 spiro atoms. The Bertz CT molecular complexity index is 235. The molecule has 78 valence electrons. The van der Waals surface area contributed by atoms with E-state index in [-0.39, 0.29) is 6.10 Å². The lowest BCUT2D eigenvalue weighted by Gasteiger charge is -2.11. The molecule has 0 saturated heterocycles. The summed E-state index contributed by atoms with van der Waals surface area (Å²) in [4.78, 5) is 0. The Hall–Kier alpha value is -0.860. The molecule has 0 aliphatic rings. The molecule has 0 aromatic heterocycles. The summed E-state index contributed by atoms with van der Waals surface area (Å²) in [5.41, 5.74) is 0.983. The van der Waals surface area contributed by atoms with Gasteiger partial charge in [0.15, 0.2) is 0 Å². The minimum atomic E-state index is -0.381. The first-order chi connectivity index (χ1) is 6.84. The van der Waals surface area contributed by atoms with Crippen LogP contribution in [0.1, 0.15) is 31.4 Å². The van der Waals surface area contributed by atoms with Crippen LogP contribution >= 0.6 is 0 Å². The Labute approximate surface area is 86.0 Å². The van der Waals surface area contributed by atoms with E-state index in [0.717, 1.165) is 12.1 Å². The van der Waals surface area contributed by atoms with Crippen molar-refractivity contribution in [3.05, 3.63) is 35.9 Å². The largest absolute Gasteiger partial charge is 0.387 e. The fourth-order valence-corrected chi connectivity index (χ4v) is 1.33. The Morgan fingerprint density at radius 3 is 2.64 bits per heavy atom. The monoisotopic (exact) mass is 193 g/mol. The molecule has 0 unspecified atom stereocenters. The van der Waals surface area contributed by atoms with E-state index >= 15 is 0 Å². The lowest BCUT2D eigenvalue weighted by atomic mass is 10.1. The summed E-state index contributed by atoms with van der Waals surface area (Å²) in [5, 5.41) is 13.0. The molecule has 14 heavy (non-hydrogen) atoms. The van der Waals surface area contributed by atoms with E-state index < -0.39 is 0 Å². The molecule has 0 radical (unpaired) electrons. The number of aliphatic hydroxyl groups is 1. The zero-order chi connectivity index (χ0) is 10.2. The summed E-state index contributed by atoms with van der Waals surface area (Å²) in [6.45, 7) is 3.79. The molecule has 1 aromatic carbocycles. The third-order valence-corrected chi connectivity index (χ3v) is 2.23. The van der Waals surface area contributed by atoms with Crippen molar-refractivity contribution in [1.29, 1.82) is 0 Å². The van der Waals surface area contributed by atoms with E-state index in [0.29, 0.717) is 6.54 Å². The second-order valence-electron chi connectivity index (χ2n) is 3.48. The predicted molar refractivity (Wildman–Crippen MR) is 59.2 cm³/mol. The molecular weight excluding hydrogens is 174 g/mol. The Morgan fingerprint density at radius 1 is 1.29 bits per heavy atom. The van der Waals surface area contributed by atoms with Crippen molar-refractivity contribution in [2.24, 2.45) is 0 Å². The molecule has 0 bridgehead atoms. The average molecular weight is 193 g/mol. The highest BCUT2D eigenvalue weighted by atomic mass is 16.3. The Balaban J connectivity index is 2.25. The van der Waals surface area contributed by atoms with Crippen LogP contribution < -0.4 is 5.32 Å². The van der Waals surface area contributed by atoms with Crippen molar-refractivity contribution in [3.63, 3.8) is 0 Å². The highest BCUT2D eigenvalue weighted by Crippen LogP contribution is 2.10. The minimum Gasteiger partial charge on any atom is -0.387 e. The summed E-state index contributed by atoms with van der Waals surface area (Å²) in [7, 11) is 0. The number of rotatable bonds is 6. The smallest absolute Gasteiger partial charge is 0.0914 e. The van der Waals surface area contributed by atoms with Crippen molar-refractivity contribution in [1.82, 2.24) is 5.32 Å². The lowest BCUT2D eigenvalue weighted by molar-refractivity contribution is 0.175. The number of unbranched alkanes of at least 4 members (excludes halogenated alkanes) is 1. The van der Waals surface area contributed by atoms with Crippen LogP contribution in [0.5, 0.6) is 0 Å². The van der Waals surface area contributed by atoms with Crippen molar-refractivity contribution in [2.75, 3.05) is 13.1 Å². The van der Waals surface area contributed by atoms with Gasteiger partial charge in [0.05, 0.1) is 6.10 Å². The molecule has 0 saturated carbocycles. The van der Waals surface area contributed by atoms with Gasteiger partial charge in [0, 0.05) is 6.54 Å². The Kier molecular flexibility index (Phi) is 5.27. The van der Waals surface area contributed by atoms with Gasteiger partial charge in [0.25, 0.3) is 0 Å². The first kappa shape index (κ1) is 11.2. The highest BCUT2D eigenvalue weighted by Gasteiger charge is 2.04. The second-order valence-corrected chi connectivity index (χ2v) is 3.48. The van der Waals surface area contributed by atoms with Gasteiger partial charge >= 0.3 is 0 Å². The van der Waals surface area contributed by atoms with Gasteiger partial charge in [-0.3, -0.25) is 0 Å². The van der Waals surface area contributed by atoms with Crippen molar-refractivity contribution in [2.45, 2.75) is 25.9 Å². The second kappa shape index (κ2) is 6.57. The van der Waals surface area contributed by atoms with E-state index in [4.69, 9.17) is 0 Å².